The second-order valence-electron chi connectivity index (χ2n) is 5.56. The van der Waals surface area contributed by atoms with Crippen LogP contribution in [0.3, 0.4) is 0 Å². The number of rotatable bonds is 4. The van der Waals surface area contributed by atoms with Crippen molar-refractivity contribution in [1.82, 2.24) is 19.7 Å². The fourth-order valence-electron chi connectivity index (χ4n) is 2.62. The number of hydrogen-bond donors (Lipinski definition) is 1. The van der Waals surface area contributed by atoms with Gasteiger partial charge in [0.2, 0.25) is 11.8 Å². The Morgan fingerprint density at radius 2 is 2.00 bits per heavy atom. The van der Waals surface area contributed by atoms with Gasteiger partial charge in [0, 0.05) is 18.7 Å². The summed E-state index contributed by atoms with van der Waals surface area (Å²) in [5, 5.41) is 6.87. The fourth-order valence-corrected chi connectivity index (χ4v) is 2.62. The summed E-state index contributed by atoms with van der Waals surface area (Å²) in [6, 6.07) is 7.31. The van der Waals surface area contributed by atoms with E-state index in [0.29, 0.717) is 18.7 Å². The summed E-state index contributed by atoms with van der Waals surface area (Å²) in [5.74, 6) is -0.104. The van der Waals surface area contributed by atoms with Crippen LogP contribution in [0.2, 0.25) is 0 Å². The SMILES string of the molecule is O=C(CN1CCCCCC1=O)Nc1ccc(-n2cncn2)cc1. The molecule has 0 bridgehead atoms. The van der Waals surface area contributed by atoms with E-state index in [2.05, 4.69) is 15.4 Å². The van der Waals surface area contributed by atoms with Crippen molar-refractivity contribution in [2.24, 2.45) is 0 Å². The molecule has 1 aliphatic heterocycles. The molecule has 0 unspecified atom stereocenters. The lowest BCUT2D eigenvalue weighted by atomic mass is 10.2. The van der Waals surface area contributed by atoms with Crippen LogP contribution in [0.25, 0.3) is 5.69 Å². The number of nitrogens with one attached hydrogen (secondary N) is 1. The summed E-state index contributed by atoms with van der Waals surface area (Å²) in [5.41, 5.74) is 1.56. The summed E-state index contributed by atoms with van der Waals surface area (Å²) in [6.07, 6.45) is 6.55. The third-order valence-electron chi connectivity index (χ3n) is 3.84. The van der Waals surface area contributed by atoms with Gasteiger partial charge in [-0.1, -0.05) is 6.42 Å². The van der Waals surface area contributed by atoms with Gasteiger partial charge in [-0.3, -0.25) is 9.59 Å². The van der Waals surface area contributed by atoms with Crippen molar-refractivity contribution in [3.63, 3.8) is 0 Å². The average Bonchev–Trinajstić information content (AvgIpc) is 3.01. The molecule has 1 saturated heterocycles. The maximum absolute atomic E-state index is 12.1. The Morgan fingerprint density at radius 1 is 1.17 bits per heavy atom. The van der Waals surface area contributed by atoms with Crippen molar-refractivity contribution in [3.8, 4) is 5.69 Å². The first-order valence-electron chi connectivity index (χ1n) is 7.75. The Bertz CT molecular complexity index is 666. The molecule has 23 heavy (non-hydrogen) atoms. The number of nitrogens with zero attached hydrogens (tertiary/aromatic N) is 4. The van der Waals surface area contributed by atoms with Gasteiger partial charge < -0.3 is 10.2 Å². The lowest BCUT2D eigenvalue weighted by Crippen LogP contribution is -2.37. The largest absolute Gasteiger partial charge is 0.333 e. The quantitative estimate of drug-likeness (QED) is 0.930. The minimum Gasteiger partial charge on any atom is -0.333 e. The zero-order chi connectivity index (χ0) is 16.1. The highest BCUT2D eigenvalue weighted by molar-refractivity contribution is 5.94. The molecular weight excluding hydrogens is 294 g/mol. The highest BCUT2D eigenvalue weighted by Crippen LogP contribution is 2.14. The summed E-state index contributed by atoms with van der Waals surface area (Å²) < 4.78 is 1.64. The van der Waals surface area contributed by atoms with Crippen molar-refractivity contribution >= 4 is 17.5 Å². The van der Waals surface area contributed by atoms with Crippen LogP contribution in [0.4, 0.5) is 5.69 Å². The molecule has 2 heterocycles. The Kier molecular flexibility index (Phi) is 4.65. The number of carbonyl (C=O) groups is 2. The molecule has 1 aliphatic rings. The molecule has 0 atom stereocenters. The smallest absolute Gasteiger partial charge is 0.243 e. The highest BCUT2D eigenvalue weighted by atomic mass is 16.2. The maximum atomic E-state index is 12.1. The third kappa shape index (κ3) is 3.94. The van der Waals surface area contributed by atoms with Crippen LogP contribution >= 0.6 is 0 Å². The first-order chi connectivity index (χ1) is 11.2. The predicted molar refractivity (Wildman–Crippen MR) is 85.0 cm³/mol. The zero-order valence-corrected chi connectivity index (χ0v) is 12.8. The van der Waals surface area contributed by atoms with Crippen molar-refractivity contribution in [2.75, 3.05) is 18.4 Å². The van der Waals surface area contributed by atoms with E-state index in [4.69, 9.17) is 0 Å². The van der Waals surface area contributed by atoms with Crippen LogP contribution < -0.4 is 5.32 Å². The van der Waals surface area contributed by atoms with E-state index in [9.17, 15) is 9.59 Å². The minimum absolute atomic E-state index is 0.0687. The second-order valence-corrected chi connectivity index (χ2v) is 5.56. The van der Waals surface area contributed by atoms with Gasteiger partial charge in [-0.25, -0.2) is 9.67 Å². The van der Waals surface area contributed by atoms with E-state index >= 15 is 0 Å². The molecular formula is C16H19N5O2. The molecule has 1 fully saturated rings. The molecule has 7 heteroatoms. The van der Waals surface area contributed by atoms with E-state index in [1.54, 1.807) is 28.0 Å². The monoisotopic (exact) mass is 313 g/mol. The molecule has 120 valence electrons. The third-order valence-corrected chi connectivity index (χ3v) is 3.84. The molecule has 0 aliphatic carbocycles. The number of anilines is 1. The van der Waals surface area contributed by atoms with E-state index in [0.717, 1.165) is 24.9 Å². The van der Waals surface area contributed by atoms with Crippen LogP contribution in [0.15, 0.2) is 36.9 Å². The number of benzene rings is 1. The van der Waals surface area contributed by atoms with E-state index in [1.165, 1.54) is 6.33 Å². The number of carbonyl (C=O) groups excluding carboxylic acids is 2. The number of aromatic nitrogens is 3. The van der Waals surface area contributed by atoms with Crippen LogP contribution in [0.1, 0.15) is 25.7 Å². The average molecular weight is 313 g/mol. The first-order valence-corrected chi connectivity index (χ1v) is 7.75. The predicted octanol–water partition coefficient (Wildman–Crippen LogP) is 1.61. The van der Waals surface area contributed by atoms with Gasteiger partial charge in [0.15, 0.2) is 0 Å². The molecule has 0 saturated carbocycles. The summed E-state index contributed by atoms with van der Waals surface area (Å²) in [7, 11) is 0. The number of hydrogen-bond acceptors (Lipinski definition) is 4. The van der Waals surface area contributed by atoms with Crippen LogP contribution in [-0.4, -0.2) is 44.6 Å². The standard InChI is InChI=1S/C16H19N5O2/c22-15(10-20-9-3-1-2-4-16(20)23)19-13-5-7-14(8-6-13)21-12-17-11-18-21/h5-8,11-12H,1-4,9-10H2,(H,19,22). The molecule has 1 N–H and O–H groups in total. The van der Waals surface area contributed by atoms with Gasteiger partial charge in [0.25, 0.3) is 0 Å². The molecule has 1 aromatic heterocycles. The van der Waals surface area contributed by atoms with Gasteiger partial charge in [0.1, 0.15) is 12.7 Å². The van der Waals surface area contributed by atoms with Crippen molar-refractivity contribution in [3.05, 3.63) is 36.9 Å². The Labute approximate surface area is 134 Å². The van der Waals surface area contributed by atoms with Gasteiger partial charge in [-0.2, -0.15) is 5.10 Å². The van der Waals surface area contributed by atoms with E-state index in [1.807, 2.05) is 12.1 Å². The minimum atomic E-state index is -0.172. The molecule has 0 spiro atoms. The van der Waals surface area contributed by atoms with Gasteiger partial charge in [0.05, 0.1) is 12.2 Å². The normalized spacial score (nSPS) is 15.3. The van der Waals surface area contributed by atoms with Gasteiger partial charge in [-0.15, -0.1) is 0 Å². The molecule has 7 nitrogen and oxygen atoms in total. The zero-order valence-electron chi connectivity index (χ0n) is 12.8. The molecule has 0 radical (unpaired) electrons. The molecule has 3 rings (SSSR count). The molecule has 1 aromatic carbocycles. The Morgan fingerprint density at radius 3 is 2.74 bits per heavy atom. The first kappa shape index (κ1) is 15.2. The van der Waals surface area contributed by atoms with Gasteiger partial charge in [-0.05, 0) is 37.1 Å². The summed E-state index contributed by atoms with van der Waals surface area (Å²) in [6.45, 7) is 0.779. The number of likely N-dealkylation sites (tertiary alicyclic amines) is 1. The van der Waals surface area contributed by atoms with E-state index < -0.39 is 0 Å². The lowest BCUT2D eigenvalue weighted by molar-refractivity contribution is -0.134. The van der Waals surface area contributed by atoms with Crippen molar-refractivity contribution in [2.45, 2.75) is 25.7 Å². The Balaban J connectivity index is 1.58. The topological polar surface area (TPSA) is 80.1 Å². The molecule has 2 aromatic rings. The summed E-state index contributed by atoms with van der Waals surface area (Å²) >= 11 is 0. The van der Waals surface area contributed by atoms with Crippen molar-refractivity contribution < 1.29 is 9.59 Å². The molecule has 2 amide bonds. The lowest BCUT2D eigenvalue weighted by Gasteiger charge is -2.19. The fraction of sp³-hybridized carbons (Fsp3) is 0.375. The summed E-state index contributed by atoms with van der Waals surface area (Å²) in [4.78, 5) is 29.6. The highest BCUT2D eigenvalue weighted by Gasteiger charge is 2.19. The van der Waals surface area contributed by atoms with E-state index in [-0.39, 0.29) is 18.4 Å². The van der Waals surface area contributed by atoms with Crippen LogP contribution in [0.5, 0.6) is 0 Å². The maximum Gasteiger partial charge on any atom is 0.243 e. The van der Waals surface area contributed by atoms with Crippen molar-refractivity contribution in [1.29, 1.82) is 0 Å². The van der Waals surface area contributed by atoms with Crippen LogP contribution in [0, 0.1) is 0 Å². The number of amides is 2. The second kappa shape index (κ2) is 7.04. The van der Waals surface area contributed by atoms with Gasteiger partial charge >= 0.3 is 0 Å². The Hall–Kier alpha value is -2.70. The van der Waals surface area contributed by atoms with Crippen LogP contribution in [-0.2, 0) is 9.59 Å².